The van der Waals surface area contributed by atoms with Crippen molar-refractivity contribution in [2.24, 2.45) is 0 Å². The fraction of sp³-hybridized carbons (Fsp3) is 0.182. The monoisotopic (exact) mass is 391 g/mol. The van der Waals surface area contributed by atoms with E-state index in [1.165, 1.54) is 12.3 Å². The lowest BCUT2D eigenvalue weighted by Gasteiger charge is -2.09. The number of ether oxygens (including phenoxy) is 1. The van der Waals surface area contributed by atoms with Gasteiger partial charge in [0.05, 0.1) is 24.9 Å². The number of rotatable bonds is 7. The van der Waals surface area contributed by atoms with Gasteiger partial charge in [0.1, 0.15) is 0 Å². The number of esters is 1. The first kappa shape index (κ1) is 20.0. The van der Waals surface area contributed by atoms with Crippen molar-refractivity contribution in [3.05, 3.63) is 76.6 Å². The van der Waals surface area contributed by atoms with Gasteiger partial charge in [0.15, 0.2) is 0 Å². The Morgan fingerprint density at radius 3 is 2.66 bits per heavy atom. The molecule has 0 spiro atoms. The van der Waals surface area contributed by atoms with E-state index in [-0.39, 0.29) is 17.8 Å². The minimum Gasteiger partial charge on any atom is -0.463 e. The van der Waals surface area contributed by atoms with Gasteiger partial charge in [0.25, 0.3) is 0 Å². The van der Waals surface area contributed by atoms with Crippen molar-refractivity contribution in [1.29, 1.82) is 0 Å². The van der Waals surface area contributed by atoms with Crippen molar-refractivity contribution < 1.29 is 14.3 Å². The molecule has 0 aliphatic rings. The Kier molecular flexibility index (Phi) is 6.52. The molecule has 1 aromatic heterocycles. The summed E-state index contributed by atoms with van der Waals surface area (Å²) < 4.78 is 6.48. The van der Waals surface area contributed by atoms with Crippen LogP contribution in [0.3, 0.4) is 0 Å². The normalized spacial score (nSPS) is 10.9. The molecule has 148 valence electrons. The van der Waals surface area contributed by atoms with Crippen LogP contribution in [0.4, 0.5) is 5.69 Å². The lowest BCUT2D eigenvalue weighted by atomic mass is 10.2. The second-order valence-corrected chi connectivity index (χ2v) is 6.25. The van der Waals surface area contributed by atoms with Gasteiger partial charge >= 0.3 is 5.97 Å². The van der Waals surface area contributed by atoms with E-state index in [2.05, 4.69) is 10.4 Å². The largest absolute Gasteiger partial charge is 0.463 e. The predicted molar refractivity (Wildman–Crippen MR) is 111 cm³/mol. The van der Waals surface area contributed by atoms with Crippen LogP contribution in [0.25, 0.3) is 17.0 Å². The van der Waals surface area contributed by atoms with Gasteiger partial charge in [-0.15, -0.1) is 0 Å². The van der Waals surface area contributed by atoms with Gasteiger partial charge in [-0.1, -0.05) is 24.3 Å². The molecule has 7 heteroatoms. The van der Waals surface area contributed by atoms with Crippen LogP contribution in [0.15, 0.2) is 65.6 Å². The number of carbonyl (C=O) groups excluding carboxylic acids is 2. The van der Waals surface area contributed by atoms with E-state index in [4.69, 9.17) is 4.74 Å². The number of benzene rings is 2. The van der Waals surface area contributed by atoms with E-state index in [0.717, 1.165) is 5.56 Å². The van der Waals surface area contributed by atoms with Gasteiger partial charge in [0, 0.05) is 23.6 Å². The van der Waals surface area contributed by atoms with E-state index in [0.29, 0.717) is 29.7 Å². The van der Waals surface area contributed by atoms with E-state index in [1.54, 1.807) is 54.1 Å². The van der Waals surface area contributed by atoms with Gasteiger partial charge in [-0.2, -0.15) is 5.10 Å². The molecule has 1 heterocycles. The minimum atomic E-state index is -0.395. The van der Waals surface area contributed by atoms with Crippen LogP contribution in [-0.4, -0.2) is 28.3 Å². The number of fused-ring (bicyclic) bond motifs is 1. The molecule has 0 saturated carbocycles. The number of carbonyl (C=O) groups is 2. The molecule has 0 aliphatic heterocycles. The number of hydrogen-bond donors (Lipinski definition) is 1. The molecule has 3 rings (SSSR count). The standard InChI is InChI=1S/C22H21N3O4/c1-2-29-22(28)12-9-16-7-10-17(11-8-16)24-21(27)13-14-25-19-6-4-3-5-18(19)20(26)15-23-25/h3-12,15H,2,13-14H2,1H3,(H,24,27)/b12-9+. The maximum Gasteiger partial charge on any atom is 0.330 e. The quantitative estimate of drug-likeness (QED) is 0.494. The Labute approximate surface area is 167 Å². The summed E-state index contributed by atoms with van der Waals surface area (Å²) in [5, 5.41) is 7.53. The highest BCUT2D eigenvalue weighted by atomic mass is 16.5. The van der Waals surface area contributed by atoms with E-state index >= 15 is 0 Å². The predicted octanol–water partition coefficient (Wildman–Crippen LogP) is 3.00. The number of amides is 1. The number of aryl methyl sites for hydroxylation is 1. The minimum absolute atomic E-state index is 0.140. The highest BCUT2D eigenvalue weighted by Crippen LogP contribution is 2.12. The summed E-state index contributed by atoms with van der Waals surface area (Å²) in [6, 6.07) is 14.3. The first-order chi connectivity index (χ1) is 14.1. The summed E-state index contributed by atoms with van der Waals surface area (Å²) in [4.78, 5) is 35.5. The maximum atomic E-state index is 12.3. The zero-order valence-electron chi connectivity index (χ0n) is 16.0. The number of anilines is 1. The molecule has 0 fully saturated rings. The molecule has 0 bridgehead atoms. The summed E-state index contributed by atoms with van der Waals surface area (Å²) in [6.07, 6.45) is 4.49. The second kappa shape index (κ2) is 9.45. The summed E-state index contributed by atoms with van der Waals surface area (Å²) >= 11 is 0. The molecule has 1 amide bonds. The fourth-order valence-electron chi connectivity index (χ4n) is 2.80. The van der Waals surface area contributed by atoms with E-state index < -0.39 is 5.97 Å². The lowest BCUT2D eigenvalue weighted by Crippen LogP contribution is -2.18. The molecule has 29 heavy (non-hydrogen) atoms. The average molecular weight is 391 g/mol. The van der Waals surface area contributed by atoms with Crippen LogP contribution in [-0.2, 0) is 20.9 Å². The Morgan fingerprint density at radius 1 is 1.14 bits per heavy atom. The van der Waals surface area contributed by atoms with Crippen LogP contribution < -0.4 is 10.7 Å². The number of hydrogen-bond acceptors (Lipinski definition) is 5. The van der Waals surface area contributed by atoms with E-state index in [1.807, 2.05) is 12.1 Å². The van der Waals surface area contributed by atoms with Crippen molar-refractivity contribution in [2.45, 2.75) is 19.9 Å². The summed E-state index contributed by atoms with van der Waals surface area (Å²) in [5.41, 5.74) is 2.03. The molecule has 2 aromatic carbocycles. The number of nitrogens with one attached hydrogen (secondary N) is 1. The topological polar surface area (TPSA) is 90.3 Å². The van der Waals surface area contributed by atoms with Gasteiger partial charge in [-0.25, -0.2) is 4.79 Å². The Hall–Kier alpha value is -3.74. The van der Waals surface area contributed by atoms with E-state index in [9.17, 15) is 14.4 Å². The van der Waals surface area contributed by atoms with Gasteiger partial charge < -0.3 is 10.1 Å². The molecule has 0 saturated heterocycles. The fourth-order valence-corrected chi connectivity index (χ4v) is 2.80. The SMILES string of the molecule is CCOC(=O)/C=C/c1ccc(NC(=O)CCn2ncc(=O)c3ccccc32)cc1. The van der Waals surface area contributed by atoms with Crippen LogP contribution in [0.2, 0.25) is 0 Å². The van der Waals surface area contributed by atoms with Crippen molar-refractivity contribution in [3.63, 3.8) is 0 Å². The summed E-state index contributed by atoms with van der Waals surface area (Å²) in [7, 11) is 0. The molecular weight excluding hydrogens is 370 g/mol. The average Bonchev–Trinajstić information content (AvgIpc) is 2.73. The third kappa shape index (κ3) is 5.38. The lowest BCUT2D eigenvalue weighted by molar-refractivity contribution is -0.137. The number of aromatic nitrogens is 2. The maximum absolute atomic E-state index is 12.3. The van der Waals surface area contributed by atoms with Crippen LogP contribution in [0, 0.1) is 0 Å². The van der Waals surface area contributed by atoms with Crippen molar-refractivity contribution in [3.8, 4) is 0 Å². The second-order valence-electron chi connectivity index (χ2n) is 6.25. The zero-order chi connectivity index (χ0) is 20.6. The molecule has 3 aromatic rings. The van der Waals surface area contributed by atoms with Crippen molar-refractivity contribution in [1.82, 2.24) is 9.78 Å². The Balaban J connectivity index is 1.58. The number of para-hydroxylation sites is 1. The Bertz CT molecular complexity index is 1100. The number of nitrogens with zero attached hydrogens (tertiary/aromatic N) is 2. The third-order valence-electron chi connectivity index (χ3n) is 4.21. The van der Waals surface area contributed by atoms with Gasteiger partial charge in [0.2, 0.25) is 11.3 Å². The van der Waals surface area contributed by atoms with Crippen molar-refractivity contribution in [2.75, 3.05) is 11.9 Å². The zero-order valence-corrected chi connectivity index (χ0v) is 16.0. The third-order valence-corrected chi connectivity index (χ3v) is 4.21. The van der Waals surface area contributed by atoms with Gasteiger partial charge in [-0.3, -0.25) is 14.3 Å². The highest BCUT2D eigenvalue weighted by molar-refractivity contribution is 5.91. The smallest absolute Gasteiger partial charge is 0.330 e. The first-order valence-corrected chi connectivity index (χ1v) is 9.26. The molecule has 1 N–H and O–H groups in total. The first-order valence-electron chi connectivity index (χ1n) is 9.26. The molecule has 0 atom stereocenters. The van der Waals surface area contributed by atoms with Gasteiger partial charge in [-0.05, 0) is 42.8 Å². The van der Waals surface area contributed by atoms with Crippen LogP contribution in [0.5, 0.6) is 0 Å². The molecular formula is C22H21N3O4. The summed E-state index contributed by atoms with van der Waals surface area (Å²) in [5.74, 6) is -0.557. The molecule has 0 radical (unpaired) electrons. The van der Waals surface area contributed by atoms with Crippen molar-refractivity contribution >= 4 is 34.5 Å². The molecule has 7 nitrogen and oxygen atoms in total. The molecule has 0 aliphatic carbocycles. The van der Waals surface area contributed by atoms with Crippen LogP contribution >= 0.6 is 0 Å². The molecule has 0 unspecified atom stereocenters. The Morgan fingerprint density at radius 2 is 1.90 bits per heavy atom. The highest BCUT2D eigenvalue weighted by Gasteiger charge is 2.07. The van der Waals surface area contributed by atoms with Crippen LogP contribution in [0.1, 0.15) is 18.9 Å². The summed E-state index contributed by atoms with van der Waals surface area (Å²) in [6.45, 7) is 2.44.